The third-order valence-corrected chi connectivity index (χ3v) is 4.23. The molecule has 0 amide bonds. The van der Waals surface area contributed by atoms with Crippen LogP contribution in [0.1, 0.15) is 18.0 Å². The number of hydrogen-bond acceptors (Lipinski definition) is 3. The van der Waals surface area contributed by atoms with Crippen molar-refractivity contribution in [2.24, 2.45) is 5.73 Å². The smallest absolute Gasteiger partial charge is 0.128 e. The summed E-state index contributed by atoms with van der Waals surface area (Å²) in [4.78, 5) is 2.32. The van der Waals surface area contributed by atoms with Gasteiger partial charge in [0.25, 0.3) is 0 Å². The minimum atomic E-state index is -0.139. The molecule has 1 atom stereocenters. The van der Waals surface area contributed by atoms with Crippen LogP contribution in [0.2, 0.25) is 0 Å². The van der Waals surface area contributed by atoms with Crippen molar-refractivity contribution in [2.45, 2.75) is 12.5 Å². The van der Waals surface area contributed by atoms with Crippen molar-refractivity contribution in [1.82, 2.24) is 4.90 Å². The maximum Gasteiger partial charge on any atom is 0.128 e. The number of halogens is 1. The van der Waals surface area contributed by atoms with Crippen molar-refractivity contribution in [3.05, 3.63) is 35.6 Å². The second-order valence-corrected chi connectivity index (χ2v) is 5.50. The average Bonchev–Trinajstić information content (AvgIpc) is 2.62. The van der Waals surface area contributed by atoms with Crippen LogP contribution in [0.4, 0.5) is 4.39 Å². The molecule has 1 aliphatic heterocycles. The van der Waals surface area contributed by atoms with Gasteiger partial charge in [-0.05, 0) is 24.8 Å². The lowest BCUT2D eigenvalue weighted by Crippen LogP contribution is -2.35. The second kappa shape index (κ2) is 6.38. The van der Waals surface area contributed by atoms with Crippen LogP contribution in [0.3, 0.4) is 0 Å². The van der Waals surface area contributed by atoms with Gasteiger partial charge in [-0.2, -0.15) is 11.8 Å². The van der Waals surface area contributed by atoms with E-state index in [9.17, 15) is 4.39 Å². The summed E-state index contributed by atoms with van der Waals surface area (Å²) in [5.41, 5.74) is 6.58. The summed E-state index contributed by atoms with van der Waals surface area (Å²) in [5.74, 6) is 2.18. The molecule has 17 heavy (non-hydrogen) atoms. The fourth-order valence-electron chi connectivity index (χ4n) is 2.30. The van der Waals surface area contributed by atoms with E-state index in [-0.39, 0.29) is 11.9 Å². The highest BCUT2D eigenvalue weighted by molar-refractivity contribution is 7.99. The first-order valence-corrected chi connectivity index (χ1v) is 7.24. The van der Waals surface area contributed by atoms with Crippen LogP contribution in [-0.4, -0.2) is 36.0 Å². The van der Waals surface area contributed by atoms with Crippen LogP contribution >= 0.6 is 11.8 Å². The lowest BCUT2D eigenvalue weighted by atomic mass is 10.0. The van der Waals surface area contributed by atoms with E-state index in [2.05, 4.69) is 4.90 Å². The van der Waals surface area contributed by atoms with Gasteiger partial charge >= 0.3 is 0 Å². The summed E-state index contributed by atoms with van der Waals surface area (Å²) in [6.07, 6.45) is 1.16. The van der Waals surface area contributed by atoms with Gasteiger partial charge in [0.15, 0.2) is 0 Å². The first-order chi connectivity index (χ1) is 8.33. The van der Waals surface area contributed by atoms with Gasteiger partial charge in [0.1, 0.15) is 5.82 Å². The van der Waals surface area contributed by atoms with Crippen molar-refractivity contribution in [1.29, 1.82) is 0 Å². The third kappa shape index (κ3) is 3.21. The number of benzene rings is 1. The van der Waals surface area contributed by atoms with Crippen LogP contribution in [0, 0.1) is 5.82 Å². The number of hydrogen-bond donors (Lipinski definition) is 1. The Balaban J connectivity index is 2.17. The van der Waals surface area contributed by atoms with E-state index in [0.29, 0.717) is 6.54 Å². The zero-order chi connectivity index (χ0) is 12.1. The zero-order valence-electron chi connectivity index (χ0n) is 9.94. The van der Waals surface area contributed by atoms with E-state index < -0.39 is 0 Å². The Hall–Kier alpha value is -0.580. The number of nitrogens with zero attached hydrogens (tertiary/aromatic N) is 1. The lowest BCUT2D eigenvalue weighted by Gasteiger charge is -2.30. The van der Waals surface area contributed by atoms with E-state index in [1.54, 1.807) is 6.07 Å². The standard InChI is InChI=1S/C13H19FN2S/c14-12-5-2-1-4-11(12)13(10-15)16-6-3-8-17-9-7-16/h1-2,4-5,13H,3,6-10,15H2. The van der Waals surface area contributed by atoms with Crippen molar-refractivity contribution in [3.8, 4) is 0 Å². The molecule has 0 spiro atoms. The van der Waals surface area contributed by atoms with Gasteiger partial charge in [-0.1, -0.05) is 18.2 Å². The molecule has 1 aromatic carbocycles. The van der Waals surface area contributed by atoms with E-state index in [1.807, 2.05) is 23.9 Å². The van der Waals surface area contributed by atoms with Gasteiger partial charge in [-0.15, -0.1) is 0 Å². The van der Waals surface area contributed by atoms with Crippen LogP contribution in [0.15, 0.2) is 24.3 Å². The molecule has 94 valence electrons. The molecule has 4 heteroatoms. The molecule has 1 saturated heterocycles. The summed E-state index contributed by atoms with van der Waals surface area (Å²) < 4.78 is 13.8. The van der Waals surface area contributed by atoms with E-state index in [0.717, 1.165) is 30.8 Å². The van der Waals surface area contributed by atoms with Crippen molar-refractivity contribution >= 4 is 11.8 Å². The first-order valence-electron chi connectivity index (χ1n) is 6.09. The Labute approximate surface area is 106 Å². The molecule has 0 aliphatic carbocycles. The number of nitrogens with two attached hydrogens (primary N) is 1. The number of rotatable bonds is 3. The Morgan fingerprint density at radius 2 is 2.12 bits per heavy atom. The van der Waals surface area contributed by atoms with Gasteiger partial charge in [-0.3, -0.25) is 4.90 Å². The topological polar surface area (TPSA) is 29.3 Å². The Morgan fingerprint density at radius 1 is 1.29 bits per heavy atom. The van der Waals surface area contributed by atoms with Crippen molar-refractivity contribution in [3.63, 3.8) is 0 Å². The predicted octanol–water partition coefficient (Wildman–Crippen LogP) is 2.26. The molecule has 2 nitrogen and oxygen atoms in total. The summed E-state index contributed by atoms with van der Waals surface area (Å²) >= 11 is 1.97. The maximum absolute atomic E-state index is 13.8. The second-order valence-electron chi connectivity index (χ2n) is 4.27. The molecule has 1 aliphatic rings. The Morgan fingerprint density at radius 3 is 2.88 bits per heavy atom. The highest BCUT2D eigenvalue weighted by Gasteiger charge is 2.22. The predicted molar refractivity (Wildman–Crippen MR) is 71.7 cm³/mol. The summed E-state index contributed by atoms with van der Waals surface area (Å²) in [7, 11) is 0. The van der Waals surface area contributed by atoms with Gasteiger partial charge in [-0.25, -0.2) is 4.39 Å². The molecule has 2 N–H and O–H groups in total. The van der Waals surface area contributed by atoms with Crippen LogP contribution < -0.4 is 5.73 Å². The minimum absolute atomic E-state index is 0.0231. The molecular weight excluding hydrogens is 235 g/mol. The van der Waals surface area contributed by atoms with Crippen LogP contribution in [0.5, 0.6) is 0 Å². The third-order valence-electron chi connectivity index (χ3n) is 3.19. The molecule has 0 radical (unpaired) electrons. The normalized spacial score (nSPS) is 19.9. The molecular formula is C13H19FN2S. The fraction of sp³-hybridized carbons (Fsp3) is 0.538. The van der Waals surface area contributed by atoms with Gasteiger partial charge in [0.2, 0.25) is 0 Å². The molecule has 1 unspecified atom stereocenters. The lowest BCUT2D eigenvalue weighted by molar-refractivity contribution is 0.214. The van der Waals surface area contributed by atoms with Crippen LogP contribution in [0.25, 0.3) is 0 Å². The van der Waals surface area contributed by atoms with E-state index >= 15 is 0 Å². The van der Waals surface area contributed by atoms with Gasteiger partial charge < -0.3 is 5.73 Å². The maximum atomic E-state index is 13.8. The fourth-order valence-corrected chi connectivity index (χ4v) is 3.20. The summed E-state index contributed by atoms with van der Waals surface area (Å²) in [5, 5.41) is 0. The molecule has 2 rings (SSSR count). The van der Waals surface area contributed by atoms with Gasteiger partial charge in [0, 0.05) is 30.4 Å². The molecule has 1 heterocycles. The highest BCUT2D eigenvalue weighted by Crippen LogP contribution is 2.24. The summed E-state index contributed by atoms with van der Waals surface area (Å²) in [6.45, 7) is 2.50. The van der Waals surface area contributed by atoms with E-state index in [4.69, 9.17) is 5.73 Å². The van der Waals surface area contributed by atoms with Crippen molar-refractivity contribution in [2.75, 3.05) is 31.1 Å². The summed E-state index contributed by atoms with van der Waals surface area (Å²) in [6, 6.07) is 7.00. The molecule has 0 aromatic heterocycles. The molecule has 0 bridgehead atoms. The average molecular weight is 254 g/mol. The molecule has 0 saturated carbocycles. The minimum Gasteiger partial charge on any atom is -0.329 e. The molecule has 1 fully saturated rings. The Bertz CT molecular complexity index is 351. The first kappa shape index (κ1) is 12.9. The Kier molecular flexibility index (Phi) is 4.83. The van der Waals surface area contributed by atoms with Gasteiger partial charge in [0.05, 0.1) is 0 Å². The van der Waals surface area contributed by atoms with Crippen molar-refractivity contribution < 1.29 is 4.39 Å². The van der Waals surface area contributed by atoms with E-state index in [1.165, 1.54) is 11.8 Å². The monoisotopic (exact) mass is 254 g/mol. The van der Waals surface area contributed by atoms with Crippen LogP contribution in [-0.2, 0) is 0 Å². The zero-order valence-corrected chi connectivity index (χ0v) is 10.8. The largest absolute Gasteiger partial charge is 0.329 e. The molecule has 1 aromatic rings. The number of thioether (sulfide) groups is 1. The highest BCUT2D eigenvalue weighted by atomic mass is 32.2. The quantitative estimate of drug-likeness (QED) is 0.897. The SMILES string of the molecule is NCC(c1ccccc1F)N1CCCSCC1.